The Morgan fingerprint density at radius 2 is 0.797 bits per heavy atom. The van der Waals surface area contributed by atoms with Crippen LogP contribution in [0.5, 0.6) is 0 Å². The first-order valence-electron chi connectivity index (χ1n) is 21.5. The molecule has 3 aromatic heterocycles. The third-order valence-corrected chi connectivity index (χ3v) is 21.4. The van der Waals surface area contributed by atoms with Crippen LogP contribution in [0.3, 0.4) is 0 Å². The van der Waals surface area contributed by atoms with Crippen molar-refractivity contribution in [3.63, 3.8) is 0 Å². The van der Waals surface area contributed by atoms with Gasteiger partial charge in [0, 0.05) is 71.4 Å². The van der Waals surface area contributed by atoms with Gasteiger partial charge in [0.05, 0.1) is 16.1 Å². The number of rotatable bonds is 9. The van der Waals surface area contributed by atoms with Crippen LogP contribution in [0.1, 0.15) is 0 Å². The molecule has 0 N–H and O–H groups in total. The average Bonchev–Trinajstić information content (AvgIpc) is 3.93. The summed E-state index contributed by atoms with van der Waals surface area (Å²) in [5.74, 6) is 0.653. The molecule has 306 valence electrons. The lowest BCUT2D eigenvalue weighted by molar-refractivity contribution is 0.923. The molecule has 0 aliphatic carbocycles. The Bertz CT molecular complexity index is 3490. The van der Waals surface area contributed by atoms with Crippen molar-refractivity contribution in [2.75, 3.05) is 0 Å². The molecule has 0 saturated heterocycles. The van der Waals surface area contributed by atoms with Gasteiger partial charge in [-0.2, -0.15) is 0 Å². The van der Waals surface area contributed by atoms with Crippen molar-refractivity contribution in [3.05, 3.63) is 249 Å². The number of para-hydroxylation sites is 2. The summed E-state index contributed by atoms with van der Waals surface area (Å²) >= 11 is 1.91. The van der Waals surface area contributed by atoms with Gasteiger partial charge in [-0.1, -0.05) is 146 Å². The van der Waals surface area contributed by atoms with Gasteiger partial charge >= 0.3 is 0 Å². The number of nitrogens with zero attached hydrogens (tertiary/aromatic N) is 3. The highest BCUT2D eigenvalue weighted by atomic mass is 32.3. The average molecular weight is 876 g/mol. The maximum absolute atomic E-state index is 5.75. The molecule has 12 aromatic rings. The van der Waals surface area contributed by atoms with Gasteiger partial charge in [-0.05, 0) is 97.1 Å². The molecule has 0 bridgehead atoms. The first-order chi connectivity index (χ1) is 31.8. The fourth-order valence-electron chi connectivity index (χ4n) is 9.62. The highest BCUT2D eigenvalue weighted by Gasteiger charge is 2.39. The predicted molar refractivity (Wildman–Crippen MR) is 269 cm³/mol. The number of aromatic nitrogens is 3. The second-order valence-electron chi connectivity index (χ2n) is 15.7. The van der Waals surface area contributed by atoms with E-state index >= 15 is 0 Å². The van der Waals surface area contributed by atoms with E-state index in [4.69, 9.17) is 9.97 Å². The highest BCUT2D eigenvalue weighted by Crippen LogP contribution is 2.78. The molecular weight excluding hydrogens is 835 g/mol. The Morgan fingerprint density at radius 3 is 1.38 bits per heavy atom. The molecule has 9 aromatic carbocycles. The van der Waals surface area contributed by atoms with Gasteiger partial charge in [0.25, 0.3) is 0 Å². The number of hydrogen-bond acceptors (Lipinski definition) is 3. The van der Waals surface area contributed by atoms with E-state index in [-0.39, 0.29) is 0 Å². The van der Waals surface area contributed by atoms with E-state index in [2.05, 4.69) is 247 Å². The molecule has 6 heteroatoms. The van der Waals surface area contributed by atoms with Crippen LogP contribution < -0.4 is 0 Å². The molecule has 3 heterocycles. The van der Waals surface area contributed by atoms with Crippen LogP contribution in [0.2, 0.25) is 0 Å². The molecule has 0 spiro atoms. The lowest BCUT2D eigenvalue weighted by atomic mass is 10.1. The second kappa shape index (κ2) is 15.8. The number of hydrogen-bond donors (Lipinski definition) is 0. The molecule has 0 radical (unpaired) electrons. The molecule has 0 amide bonds. The summed E-state index contributed by atoms with van der Waals surface area (Å²) in [6.07, 6.45) is 1.96. The van der Waals surface area contributed by atoms with Crippen LogP contribution in [0.4, 0.5) is 0 Å². The largest absolute Gasteiger partial charge is 0.278 e. The van der Waals surface area contributed by atoms with Gasteiger partial charge in [-0.15, -0.1) is 31.4 Å². The molecule has 12 rings (SSSR count). The molecular formula is C58H41N3S3. The van der Waals surface area contributed by atoms with E-state index in [9.17, 15) is 0 Å². The molecule has 0 aliphatic rings. The van der Waals surface area contributed by atoms with Crippen molar-refractivity contribution in [1.29, 1.82) is 0 Å². The van der Waals surface area contributed by atoms with Crippen LogP contribution in [0.15, 0.2) is 288 Å². The van der Waals surface area contributed by atoms with Crippen LogP contribution in [0, 0.1) is 0 Å². The van der Waals surface area contributed by atoms with Crippen LogP contribution in [-0.2, 0) is 0 Å². The maximum Gasteiger partial charge on any atom is 0.235 e. The minimum absolute atomic E-state index is 0.653. The van der Waals surface area contributed by atoms with Crippen LogP contribution in [-0.4, -0.2) is 14.5 Å². The van der Waals surface area contributed by atoms with Crippen molar-refractivity contribution < 1.29 is 0 Å². The Hall–Kier alpha value is -7.22. The third kappa shape index (κ3) is 5.91. The topological polar surface area (TPSA) is 30.7 Å². The van der Waals surface area contributed by atoms with E-state index in [0.29, 0.717) is 5.95 Å². The van der Waals surface area contributed by atoms with E-state index in [1.165, 1.54) is 65.2 Å². The molecule has 64 heavy (non-hydrogen) atoms. The minimum Gasteiger partial charge on any atom is -0.278 e. The van der Waals surface area contributed by atoms with Gasteiger partial charge in [0.15, 0.2) is 0 Å². The Morgan fingerprint density at radius 1 is 0.359 bits per heavy atom. The summed E-state index contributed by atoms with van der Waals surface area (Å²) in [4.78, 5) is 19.6. The first kappa shape index (κ1) is 38.5. The SMILES string of the molecule is c1ccc(S(c2ccccc2)(c2cccc(S(c3ccccc3)(c3ccccc3)c3cccc4c3sc3ccccc34)c2)c2ccnc(-n3c4ccccc4c4ccccc43)n2)cc1. The fraction of sp³-hybridized carbons (Fsp3) is 0. The van der Waals surface area contributed by atoms with Gasteiger partial charge in [0.1, 0.15) is 0 Å². The monoisotopic (exact) mass is 875 g/mol. The standard InChI is InChI=1S/C58H41N3S3/c1-5-21-42(22-6-1)63(43-23-7-2-8-24-43,55-38-20-34-51-50-33-15-18-37-54(50)62-57(51)55)46-29-19-30-47(41-46)64(44-25-9-3-10-26-44,45-27-11-4-12-28-45)56-39-40-59-58(60-56)61-52-35-16-13-31-48(52)49-32-14-17-36-53(49)61/h1-41H. The predicted octanol–water partition coefficient (Wildman–Crippen LogP) is 16.6. The fourth-order valence-corrected chi connectivity index (χ4v) is 19.0. The van der Waals surface area contributed by atoms with Crippen LogP contribution >= 0.6 is 31.4 Å². The van der Waals surface area contributed by atoms with Crippen molar-refractivity contribution in [2.24, 2.45) is 0 Å². The van der Waals surface area contributed by atoms with Gasteiger partial charge in [0.2, 0.25) is 5.95 Å². The highest BCUT2D eigenvalue weighted by molar-refractivity contribution is 8.34. The van der Waals surface area contributed by atoms with Crippen LogP contribution in [0.25, 0.3) is 47.9 Å². The Labute approximate surface area is 379 Å². The number of benzene rings is 9. The molecule has 0 unspecified atom stereocenters. The zero-order valence-corrected chi connectivity index (χ0v) is 37.2. The summed E-state index contributed by atoms with van der Waals surface area (Å²) in [7, 11) is -4.39. The zero-order valence-electron chi connectivity index (χ0n) is 34.7. The summed E-state index contributed by atoms with van der Waals surface area (Å²) in [6, 6.07) is 89.3. The summed E-state index contributed by atoms with van der Waals surface area (Å²) in [5.41, 5.74) is 2.16. The van der Waals surface area contributed by atoms with Crippen molar-refractivity contribution in [3.8, 4) is 5.95 Å². The Kier molecular flexibility index (Phi) is 9.52. The number of thiophene rings is 1. The van der Waals surface area contributed by atoms with Crippen molar-refractivity contribution >= 4 is 73.4 Å². The van der Waals surface area contributed by atoms with Gasteiger partial charge in [-0.25, -0.2) is 9.97 Å². The molecule has 0 fully saturated rings. The third-order valence-electron chi connectivity index (χ3n) is 12.3. The van der Waals surface area contributed by atoms with Crippen molar-refractivity contribution in [2.45, 2.75) is 39.3 Å². The zero-order chi connectivity index (χ0) is 42.5. The first-order valence-corrected chi connectivity index (χ1v) is 25.5. The molecule has 3 nitrogen and oxygen atoms in total. The number of fused-ring (bicyclic) bond motifs is 6. The summed E-state index contributed by atoms with van der Waals surface area (Å²) in [6.45, 7) is 0. The maximum atomic E-state index is 5.75. The lowest BCUT2D eigenvalue weighted by Crippen LogP contribution is -2.11. The minimum atomic E-state index is -2.27. The quantitative estimate of drug-likeness (QED) is 0.135. The Balaban J connectivity index is 1.19. The van der Waals surface area contributed by atoms with E-state index < -0.39 is 20.1 Å². The van der Waals surface area contributed by atoms with Gasteiger partial charge in [-0.3, -0.25) is 4.57 Å². The van der Waals surface area contributed by atoms with E-state index in [0.717, 1.165) is 16.1 Å². The molecule has 0 aliphatic heterocycles. The molecule has 0 atom stereocenters. The smallest absolute Gasteiger partial charge is 0.235 e. The second-order valence-corrected chi connectivity index (χ2v) is 22.9. The van der Waals surface area contributed by atoms with Crippen molar-refractivity contribution in [1.82, 2.24) is 14.5 Å². The van der Waals surface area contributed by atoms with Gasteiger partial charge < -0.3 is 0 Å². The summed E-state index contributed by atoms with van der Waals surface area (Å²) < 4.78 is 4.86. The summed E-state index contributed by atoms with van der Waals surface area (Å²) in [5, 5.41) is 5.93. The van der Waals surface area contributed by atoms with E-state index in [1.54, 1.807) is 0 Å². The molecule has 0 saturated carbocycles. The normalized spacial score (nSPS) is 12.6. The van der Waals surface area contributed by atoms with E-state index in [1.807, 2.05) is 17.5 Å². The lowest BCUT2D eigenvalue weighted by Gasteiger charge is -2.45.